The standard InChI is InChI=1S/C24H31N7O/c25-19-6-10-29(11-7-19)18-21-8-12-31(28-21)23-5-9-26-24(17-23)27-20-1-3-22(4-2-20)30-13-15-32-16-14-30/h1-5,8-9,12,17,19H,6-7,10-11,13-16,18,25H2,(H,26,27). The van der Waals surface area contributed by atoms with Gasteiger partial charge < -0.3 is 20.7 Å². The van der Waals surface area contributed by atoms with E-state index in [0.29, 0.717) is 6.04 Å². The van der Waals surface area contributed by atoms with Crippen molar-refractivity contribution in [2.75, 3.05) is 49.6 Å². The van der Waals surface area contributed by atoms with Crippen LogP contribution in [-0.4, -0.2) is 65.1 Å². The molecule has 0 amide bonds. The van der Waals surface area contributed by atoms with Crippen LogP contribution in [0.4, 0.5) is 17.2 Å². The smallest absolute Gasteiger partial charge is 0.132 e. The first kappa shape index (κ1) is 20.9. The second-order valence-corrected chi connectivity index (χ2v) is 8.54. The normalized spacial score (nSPS) is 18.1. The number of nitrogens with two attached hydrogens (primary N) is 1. The van der Waals surface area contributed by atoms with E-state index < -0.39 is 0 Å². The molecule has 2 aliphatic heterocycles. The number of nitrogens with one attached hydrogen (secondary N) is 1. The van der Waals surface area contributed by atoms with Gasteiger partial charge in [0.15, 0.2) is 0 Å². The van der Waals surface area contributed by atoms with Gasteiger partial charge in [0, 0.05) is 68.6 Å². The van der Waals surface area contributed by atoms with Gasteiger partial charge in [0.2, 0.25) is 0 Å². The van der Waals surface area contributed by atoms with Gasteiger partial charge >= 0.3 is 0 Å². The fourth-order valence-corrected chi connectivity index (χ4v) is 4.29. The lowest BCUT2D eigenvalue weighted by Crippen LogP contribution is -2.39. The zero-order chi connectivity index (χ0) is 21.8. The van der Waals surface area contributed by atoms with Gasteiger partial charge in [-0.05, 0) is 49.2 Å². The highest BCUT2D eigenvalue weighted by molar-refractivity contribution is 5.62. The summed E-state index contributed by atoms with van der Waals surface area (Å²) in [6.45, 7) is 6.41. The lowest BCUT2D eigenvalue weighted by Gasteiger charge is -2.29. The molecule has 4 heterocycles. The maximum Gasteiger partial charge on any atom is 0.132 e. The molecular formula is C24H31N7O. The van der Waals surface area contributed by atoms with Crippen LogP contribution in [0.1, 0.15) is 18.5 Å². The van der Waals surface area contributed by atoms with Gasteiger partial charge in [-0.3, -0.25) is 4.90 Å². The van der Waals surface area contributed by atoms with E-state index >= 15 is 0 Å². The van der Waals surface area contributed by atoms with Crippen LogP contribution >= 0.6 is 0 Å². The number of morpholine rings is 1. The van der Waals surface area contributed by atoms with E-state index in [0.717, 1.165) is 81.7 Å². The number of anilines is 3. The Kier molecular flexibility index (Phi) is 6.34. The van der Waals surface area contributed by atoms with Crippen molar-refractivity contribution < 1.29 is 4.74 Å². The molecule has 0 saturated carbocycles. The summed E-state index contributed by atoms with van der Waals surface area (Å²) >= 11 is 0. The van der Waals surface area contributed by atoms with E-state index in [2.05, 4.69) is 50.4 Å². The predicted molar refractivity (Wildman–Crippen MR) is 127 cm³/mol. The molecule has 32 heavy (non-hydrogen) atoms. The lowest BCUT2D eigenvalue weighted by molar-refractivity contribution is 0.122. The molecule has 0 atom stereocenters. The molecule has 2 aliphatic rings. The van der Waals surface area contributed by atoms with Crippen LogP contribution in [0.25, 0.3) is 5.69 Å². The first-order valence-corrected chi connectivity index (χ1v) is 11.4. The molecule has 5 rings (SSSR count). The Balaban J connectivity index is 1.22. The summed E-state index contributed by atoms with van der Waals surface area (Å²) < 4.78 is 7.35. The number of hydrogen-bond acceptors (Lipinski definition) is 7. The summed E-state index contributed by atoms with van der Waals surface area (Å²) in [6, 6.07) is 14.9. The van der Waals surface area contributed by atoms with Crippen molar-refractivity contribution >= 4 is 17.2 Å². The molecule has 0 unspecified atom stereocenters. The number of hydrogen-bond donors (Lipinski definition) is 2. The van der Waals surface area contributed by atoms with Crippen molar-refractivity contribution in [1.82, 2.24) is 19.7 Å². The molecule has 1 aromatic carbocycles. The van der Waals surface area contributed by atoms with Crippen molar-refractivity contribution in [2.24, 2.45) is 5.73 Å². The van der Waals surface area contributed by atoms with Crippen molar-refractivity contribution in [3.63, 3.8) is 0 Å². The molecule has 8 nitrogen and oxygen atoms in total. The molecule has 0 bridgehead atoms. The van der Waals surface area contributed by atoms with Crippen molar-refractivity contribution in [2.45, 2.75) is 25.4 Å². The summed E-state index contributed by atoms with van der Waals surface area (Å²) in [4.78, 5) is 9.25. The molecule has 8 heteroatoms. The van der Waals surface area contributed by atoms with Crippen molar-refractivity contribution in [3.8, 4) is 5.69 Å². The minimum absolute atomic E-state index is 0.349. The second kappa shape index (κ2) is 9.68. The Bertz CT molecular complexity index is 1010. The minimum Gasteiger partial charge on any atom is -0.378 e. The molecule has 0 aliphatic carbocycles. The zero-order valence-corrected chi connectivity index (χ0v) is 18.4. The third-order valence-electron chi connectivity index (χ3n) is 6.19. The fraction of sp³-hybridized carbons (Fsp3) is 0.417. The lowest BCUT2D eigenvalue weighted by atomic mass is 10.1. The number of aromatic nitrogens is 3. The predicted octanol–water partition coefficient (Wildman–Crippen LogP) is 2.77. The zero-order valence-electron chi connectivity index (χ0n) is 18.4. The van der Waals surface area contributed by atoms with E-state index in [-0.39, 0.29) is 0 Å². The number of nitrogens with zero attached hydrogens (tertiary/aromatic N) is 5. The van der Waals surface area contributed by atoms with Crippen LogP contribution in [0.2, 0.25) is 0 Å². The topological polar surface area (TPSA) is 84.5 Å². The van der Waals surface area contributed by atoms with Gasteiger partial charge in [-0.15, -0.1) is 0 Å². The van der Waals surface area contributed by atoms with E-state index in [4.69, 9.17) is 15.6 Å². The summed E-state index contributed by atoms with van der Waals surface area (Å²) in [5.41, 5.74) is 10.3. The average Bonchev–Trinajstić information content (AvgIpc) is 3.30. The van der Waals surface area contributed by atoms with Gasteiger partial charge in [0.05, 0.1) is 24.6 Å². The highest BCUT2D eigenvalue weighted by Gasteiger charge is 2.17. The third kappa shape index (κ3) is 5.09. The molecule has 168 valence electrons. The van der Waals surface area contributed by atoms with Crippen LogP contribution in [0.3, 0.4) is 0 Å². The molecule has 3 aromatic rings. The monoisotopic (exact) mass is 433 g/mol. The fourth-order valence-electron chi connectivity index (χ4n) is 4.29. The molecule has 0 spiro atoms. The highest BCUT2D eigenvalue weighted by Crippen LogP contribution is 2.22. The van der Waals surface area contributed by atoms with E-state index in [1.165, 1.54) is 5.69 Å². The summed E-state index contributed by atoms with van der Waals surface area (Å²) in [5, 5.41) is 8.18. The minimum atomic E-state index is 0.349. The van der Waals surface area contributed by atoms with Crippen molar-refractivity contribution in [1.29, 1.82) is 0 Å². The number of benzene rings is 1. The van der Waals surface area contributed by atoms with Gasteiger partial charge in [-0.1, -0.05) is 0 Å². The van der Waals surface area contributed by atoms with Crippen LogP contribution in [0, 0.1) is 0 Å². The first-order chi connectivity index (χ1) is 15.7. The molecule has 2 fully saturated rings. The Morgan fingerprint density at radius 2 is 1.75 bits per heavy atom. The summed E-state index contributed by atoms with van der Waals surface area (Å²) in [7, 11) is 0. The number of likely N-dealkylation sites (tertiary alicyclic amines) is 1. The molecule has 2 saturated heterocycles. The van der Waals surface area contributed by atoms with Gasteiger partial charge in [-0.2, -0.15) is 5.10 Å². The number of piperidine rings is 1. The Morgan fingerprint density at radius 1 is 0.969 bits per heavy atom. The third-order valence-corrected chi connectivity index (χ3v) is 6.19. The van der Waals surface area contributed by atoms with Crippen molar-refractivity contribution in [3.05, 3.63) is 60.6 Å². The van der Waals surface area contributed by atoms with Gasteiger partial charge in [0.1, 0.15) is 5.82 Å². The number of ether oxygens (including phenoxy) is 1. The molecule has 2 aromatic heterocycles. The van der Waals surface area contributed by atoms with Gasteiger partial charge in [-0.25, -0.2) is 9.67 Å². The highest BCUT2D eigenvalue weighted by atomic mass is 16.5. The Labute approximate surface area is 189 Å². The molecule has 0 radical (unpaired) electrons. The average molecular weight is 434 g/mol. The number of pyridine rings is 1. The summed E-state index contributed by atoms with van der Waals surface area (Å²) in [5.74, 6) is 0.795. The van der Waals surface area contributed by atoms with Crippen LogP contribution in [-0.2, 0) is 11.3 Å². The van der Waals surface area contributed by atoms with E-state index in [1.54, 1.807) is 0 Å². The quantitative estimate of drug-likeness (QED) is 0.618. The Hall–Kier alpha value is -2.94. The number of rotatable bonds is 6. The van der Waals surface area contributed by atoms with Crippen LogP contribution < -0.4 is 16.0 Å². The van der Waals surface area contributed by atoms with E-state index in [9.17, 15) is 0 Å². The maximum atomic E-state index is 6.02. The SMILES string of the molecule is NC1CCN(Cc2ccn(-c3ccnc(Nc4ccc(N5CCOCC5)cc4)c3)n2)CC1. The molecule has 3 N–H and O–H groups in total. The van der Waals surface area contributed by atoms with E-state index in [1.807, 2.05) is 29.2 Å². The Morgan fingerprint density at radius 3 is 2.53 bits per heavy atom. The second-order valence-electron chi connectivity index (χ2n) is 8.54. The largest absolute Gasteiger partial charge is 0.378 e. The van der Waals surface area contributed by atoms with Gasteiger partial charge in [0.25, 0.3) is 0 Å². The van der Waals surface area contributed by atoms with Crippen LogP contribution in [0.15, 0.2) is 54.9 Å². The summed E-state index contributed by atoms with van der Waals surface area (Å²) in [6.07, 6.45) is 5.95. The maximum absolute atomic E-state index is 6.02. The first-order valence-electron chi connectivity index (χ1n) is 11.4. The molecular weight excluding hydrogens is 402 g/mol. The van der Waals surface area contributed by atoms with Crippen LogP contribution in [0.5, 0.6) is 0 Å².